The van der Waals surface area contributed by atoms with Gasteiger partial charge in [0.25, 0.3) is 5.91 Å². The molecular formula is C20H19N3O3. The van der Waals surface area contributed by atoms with Gasteiger partial charge in [-0.2, -0.15) is 0 Å². The Labute approximate surface area is 151 Å². The van der Waals surface area contributed by atoms with Crippen LogP contribution in [0.4, 0.5) is 0 Å². The van der Waals surface area contributed by atoms with E-state index in [0.29, 0.717) is 24.5 Å². The zero-order valence-corrected chi connectivity index (χ0v) is 14.1. The average molecular weight is 349 g/mol. The SMILES string of the molecule is O=C(/C=C/c1cccc(/C=C/C(=O)N2CCc3ccccc3C2)n1)NO. The highest BCUT2D eigenvalue weighted by molar-refractivity contribution is 5.92. The monoisotopic (exact) mass is 349 g/mol. The van der Waals surface area contributed by atoms with E-state index in [2.05, 4.69) is 17.1 Å². The van der Waals surface area contributed by atoms with Crippen molar-refractivity contribution in [2.45, 2.75) is 13.0 Å². The fraction of sp³-hybridized carbons (Fsp3) is 0.150. The van der Waals surface area contributed by atoms with Gasteiger partial charge in [0, 0.05) is 25.2 Å². The molecule has 1 aliphatic rings. The summed E-state index contributed by atoms with van der Waals surface area (Å²) in [5.74, 6) is -0.685. The summed E-state index contributed by atoms with van der Waals surface area (Å²) in [5.41, 5.74) is 5.17. The molecule has 0 spiro atoms. The number of nitrogens with one attached hydrogen (secondary N) is 1. The summed E-state index contributed by atoms with van der Waals surface area (Å²) in [6.07, 6.45) is 6.69. The Bertz CT molecular complexity index is 874. The zero-order valence-electron chi connectivity index (χ0n) is 14.1. The molecule has 0 fully saturated rings. The van der Waals surface area contributed by atoms with Gasteiger partial charge in [0.15, 0.2) is 0 Å². The molecule has 2 aromatic rings. The van der Waals surface area contributed by atoms with Crippen molar-refractivity contribution in [1.29, 1.82) is 0 Å². The Hall–Kier alpha value is -3.25. The summed E-state index contributed by atoms with van der Waals surface area (Å²) in [6, 6.07) is 13.5. The molecule has 0 atom stereocenters. The molecule has 6 nitrogen and oxygen atoms in total. The van der Waals surface area contributed by atoms with E-state index in [9.17, 15) is 9.59 Å². The second-order valence-electron chi connectivity index (χ2n) is 5.91. The number of carbonyl (C=O) groups excluding carboxylic acids is 2. The number of aromatic nitrogens is 1. The van der Waals surface area contributed by atoms with Gasteiger partial charge in [0.1, 0.15) is 0 Å². The van der Waals surface area contributed by atoms with Crippen molar-refractivity contribution >= 4 is 24.0 Å². The maximum Gasteiger partial charge on any atom is 0.267 e. The van der Waals surface area contributed by atoms with Crippen LogP contribution in [-0.2, 0) is 22.6 Å². The van der Waals surface area contributed by atoms with Crippen molar-refractivity contribution in [3.63, 3.8) is 0 Å². The molecule has 0 unspecified atom stereocenters. The third-order valence-electron chi connectivity index (χ3n) is 4.15. The predicted octanol–water partition coefficient (Wildman–Crippen LogP) is 2.20. The summed E-state index contributed by atoms with van der Waals surface area (Å²) in [5, 5.41) is 8.47. The van der Waals surface area contributed by atoms with E-state index in [-0.39, 0.29) is 5.91 Å². The lowest BCUT2D eigenvalue weighted by Crippen LogP contribution is -2.34. The van der Waals surface area contributed by atoms with Crippen molar-refractivity contribution in [1.82, 2.24) is 15.4 Å². The van der Waals surface area contributed by atoms with Crippen LogP contribution in [0.2, 0.25) is 0 Å². The number of carbonyl (C=O) groups is 2. The molecule has 2 N–H and O–H groups in total. The first-order valence-electron chi connectivity index (χ1n) is 8.28. The second-order valence-corrected chi connectivity index (χ2v) is 5.91. The minimum absolute atomic E-state index is 0.0538. The number of hydrogen-bond donors (Lipinski definition) is 2. The molecule has 26 heavy (non-hydrogen) atoms. The van der Waals surface area contributed by atoms with Gasteiger partial charge in [-0.25, -0.2) is 10.5 Å². The Morgan fingerprint density at radius 3 is 2.42 bits per heavy atom. The number of fused-ring (bicyclic) bond motifs is 1. The van der Waals surface area contributed by atoms with Crippen LogP contribution >= 0.6 is 0 Å². The summed E-state index contributed by atoms with van der Waals surface area (Å²) in [7, 11) is 0. The largest absolute Gasteiger partial charge is 0.334 e. The third kappa shape index (κ3) is 4.43. The molecule has 2 heterocycles. The minimum atomic E-state index is -0.631. The Morgan fingerprint density at radius 2 is 1.69 bits per heavy atom. The van der Waals surface area contributed by atoms with Crippen molar-refractivity contribution in [3.8, 4) is 0 Å². The molecule has 6 heteroatoms. The second kappa shape index (κ2) is 8.22. The molecule has 0 bridgehead atoms. The van der Waals surface area contributed by atoms with Gasteiger partial charge in [-0.15, -0.1) is 0 Å². The van der Waals surface area contributed by atoms with Gasteiger partial charge < -0.3 is 4.90 Å². The average Bonchev–Trinajstić information content (AvgIpc) is 2.70. The molecule has 0 saturated heterocycles. The summed E-state index contributed by atoms with van der Waals surface area (Å²) >= 11 is 0. The number of hydroxylamine groups is 1. The quantitative estimate of drug-likeness (QED) is 0.504. The number of rotatable bonds is 4. The number of pyridine rings is 1. The minimum Gasteiger partial charge on any atom is -0.334 e. The topological polar surface area (TPSA) is 82.5 Å². The van der Waals surface area contributed by atoms with Crippen molar-refractivity contribution in [2.24, 2.45) is 0 Å². The maximum atomic E-state index is 12.4. The van der Waals surface area contributed by atoms with E-state index in [1.54, 1.807) is 24.3 Å². The van der Waals surface area contributed by atoms with Crippen LogP contribution in [0.25, 0.3) is 12.2 Å². The van der Waals surface area contributed by atoms with Crippen LogP contribution < -0.4 is 5.48 Å². The van der Waals surface area contributed by atoms with E-state index in [0.717, 1.165) is 6.42 Å². The van der Waals surface area contributed by atoms with Gasteiger partial charge in [-0.05, 0) is 41.8 Å². The van der Waals surface area contributed by atoms with E-state index < -0.39 is 5.91 Å². The highest BCUT2D eigenvalue weighted by Crippen LogP contribution is 2.18. The molecule has 2 amide bonds. The highest BCUT2D eigenvalue weighted by Gasteiger charge is 2.18. The standard InChI is InChI=1S/C20H19N3O3/c24-19(22-26)10-8-17-6-3-7-18(21-17)9-11-20(25)23-13-12-15-4-1-2-5-16(15)14-23/h1-11,26H,12-14H2,(H,22,24)/b10-8+,11-9+. The van der Waals surface area contributed by atoms with Crippen molar-refractivity contribution < 1.29 is 14.8 Å². The Morgan fingerprint density at radius 1 is 1.00 bits per heavy atom. The molecule has 1 aliphatic heterocycles. The first kappa shape index (κ1) is 17.6. The third-order valence-corrected chi connectivity index (χ3v) is 4.15. The first-order chi connectivity index (χ1) is 12.7. The highest BCUT2D eigenvalue weighted by atomic mass is 16.5. The first-order valence-corrected chi connectivity index (χ1v) is 8.28. The maximum absolute atomic E-state index is 12.4. The molecule has 132 valence electrons. The van der Waals surface area contributed by atoms with Crippen LogP contribution in [0.5, 0.6) is 0 Å². The molecule has 3 rings (SSSR count). The Balaban J connectivity index is 1.65. The van der Waals surface area contributed by atoms with E-state index in [1.807, 2.05) is 17.0 Å². The molecule has 0 saturated carbocycles. The van der Waals surface area contributed by atoms with E-state index >= 15 is 0 Å². The Kier molecular flexibility index (Phi) is 5.56. The van der Waals surface area contributed by atoms with Gasteiger partial charge in [0.2, 0.25) is 5.91 Å². The van der Waals surface area contributed by atoms with Gasteiger partial charge >= 0.3 is 0 Å². The smallest absolute Gasteiger partial charge is 0.267 e. The lowest BCUT2D eigenvalue weighted by atomic mass is 10.00. The zero-order chi connectivity index (χ0) is 18.4. The lowest BCUT2D eigenvalue weighted by Gasteiger charge is -2.27. The molecule has 1 aromatic carbocycles. The molecule has 1 aromatic heterocycles. The van der Waals surface area contributed by atoms with Crippen LogP contribution in [-0.4, -0.2) is 33.5 Å². The van der Waals surface area contributed by atoms with Crippen molar-refractivity contribution in [2.75, 3.05) is 6.54 Å². The normalized spacial score (nSPS) is 13.8. The van der Waals surface area contributed by atoms with Crippen LogP contribution in [0.1, 0.15) is 22.5 Å². The van der Waals surface area contributed by atoms with Crippen LogP contribution in [0.3, 0.4) is 0 Å². The summed E-state index contributed by atoms with van der Waals surface area (Å²) < 4.78 is 0. The number of hydrogen-bond acceptors (Lipinski definition) is 4. The predicted molar refractivity (Wildman–Crippen MR) is 97.8 cm³/mol. The fourth-order valence-electron chi connectivity index (χ4n) is 2.80. The molecular weight excluding hydrogens is 330 g/mol. The van der Waals surface area contributed by atoms with Gasteiger partial charge in [-0.3, -0.25) is 14.8 Å². The number of nitrogens with zero attached hydrogens (tertiary/aromatic N) is 2. The number of benzene rings is 1. The van der Waals surface area contributed by atoms with Gasteiger partial charge in [0.05, 0.1) is 11.4 Å². The number of amides is 2. The fourth-order valence-corrected chi connectivity index (χ4v) is 2.80. The van der Waals surface area contributed by atoms with Crippen LogP contribution in [0, 0.1) is 0 Å². The van der Waals surface area contributed by atoms with E-state index in [4.69, 9.17) is 5.21 Å². The van der Waals surface area contributed by atoms with Crippen LogP contribution in [0.15, 0.2) is 54.6 Å². The van der Waals surface area contributed by atoms with Crippen molar-refractivity contribution in [3.05, 3.63) is 77.1 Å². The lowest BCUT2D eigenvalue weighted by molar-refractivity contribution is -0.127. The van der Waals surface area contributed by atoms with E-state index in [1.165, 1.54) is 34.8 Å². The summed E-state index contributed by atoms with van der Waals surface area (Å²) in [4.78, 5) is 29.6. The molecule has 0 radical (unpaired) electrons. The summed E-state index contributed by atoms with van der Waals surface area (Å²) in [6.45, 7) is 1.32. The molecule has 0 aliphatic carbocycles. The van der Waals surface area contributed by atoms with Gasteiger partial charge in [-0.1, -0.05) is 30.3 Å².